The molecule has 0 saturated carbocycles. The third-order valence-corrected chi connectivity index (χ3v) is 5.90. The second-order valence-electron chi connectivity index (χ2n) is 9.39. The number of imidazole rings is 1. The molecule has 0 spiro atoms. The van der Waals surface area contributed by atoms with Crippen LogP contribution >= 0.6 is 0 Å². The molecule has 0 unspecified atom stereocenters. The lowest BCUT2D eigenvalue weighted by Crippen LogP contribution is -2.53. The number of hydrogen-bond donors (Lipinski definition) is 1. The highest BCUT2D eigenvalue weighted by Gasteiger charge is 2.41. The van der Waals surface area contributed by atoms with Gasteiger partial charge in [0.1, 0.15) is 17.2 Å². The van der Waals surface area contributed by atoms with Gasteiger partial charge in [-0.1, -0.05) is 18.2 Å². The Morgan fingerprint density at radius 1 is 1.23 bits per heavy atom. The number of morpholine rings is 1. The van der Waals surface area contributed by atoms with Crippen LogP contribution in [0.1, 0.15) is 43.6 Å². The highest BCUT2D eigenvalue weighted by molar-refractivity contribution is 5.97. The Bertz CT molecular complexity index is 1250. The van der Waals surface area contributed by atoms with E-state index in [1.807, 2.05) is 49.7 Å². The number of carbonyl (C=O) groups excluding carboxylic acids is 1. The molecule has 1 fully saturated rings. The molecular formula is C27H30FN3O4. The van der Waals surface area contributed by atoms with Crippen molar-refractivity contribution >= 4 is 12.0 Å². The number of aliphatic hydroxyl groups excluding tert-OH is 1. The van der Waals surface area contributed by atoms with Crippen molar-refractivity contribution in [1.29, 1.82) is 0 Å². The number of aromatic nitrogens is 2. The zero-order valence-electron chi connectivity index (χ0n) is 20.5. The normalized spacial score (nSPS) is 18.3. The molecule has 1 aliphatic heterocycles. The standard InChI is InChI=1S/C27H30FN3O4/c1-17-14-30(16-29-17)22-11-6-19(12-23(22)34-5)13-24-26(33)31(15-27(3,4)35-24)25(18(2)32)20-7-9-21(28)10-8-20/h6-14,16,18,25,32H,15H2,1-5H3/b24-13-/t18-,25+/m1/s1. The van der Waals surface area contributed by atoms with Crippen molar-refractivity contribution in [3.8, 4) is 11.4 Å². The second kappa shape index (κ2) is 9.54. The first-order valence-electron chi connectivity index (χ1n) is 11.4. The highest BCUT2D eigenvalue weighted by Crippen LogP contribution is 2.35. The number of ether oxygens (including phenoxy) is 2. The largest absolute Gasteiger partial charge is 0.495 e. The number of hydrogen-bond acceptors (Lipinski definition) is 5. The van der Waals surface area contributed by atoms with Gasteiger partial charge in [0, 0.05) is 6.20 Å². The smallest absolute Gasteiger partial charge is 0.289 e. The Labute approximate surface area is 204 Å². The summed E-state index contributed by atoms with van der Waals surface area (Å²) >= 11 is 0. The van der Waals surface area contributed by atoms with Crippen LogP contribution in [0.25, 0.3) is 11.8 Å². The predicted molar refractivity (Wildman–Crippen MR) is 131 cm³/mol. The number of carbonyl (C=O) groups is 1. The second-order valence-corrected chi connectivity index (χ2v) is 9.39. The molecule has 1 aromatic heterocycles. The maximum Gasteiger partial charge on any atom is 0.289 e. The van der Waals surface area contributed by atoms with E-state index in [1.165, 1.54) is 12.1 Å². The molecule has 0 aliphatic carbocycles. The molecule has 1 N–H and O–H groups in total. The molecule has 2 atom stereocenters. The Morgan fingerprint density at radius 2 is 1.94 bits per heavy atom. The number of aryl methyl sites for hydroxylation is 1. The predicted octanol–water partition coefficient (Wildman–Crippen LogP) is 4.43. The van der Waals surface area contributed by atoms with Gasteiger partial charge in [0.2, 0.25) is 0 Å². The highest BCUT2D eigenvalue weighted by atomic mass is 19.1. The number of halogens is 1. The van der Waals surface area contributed by atoms with Crippen molar-refractivity contribution in [3.63, 3.8) is 0 Å². The first-order chi connectivity index (χ1) is 16.6. The SMILES string of the molecule is COc1cc(/C=C2\OC(C)(C)CN([C@H](c3ccc(F)cc3)[C@@H](C)O)C2=O)ccc1-n1cnc(C)c1. The summed E-state index contributed by atoms with van der Waals surface area (Å²) in [5, 5.41) is 10.6. The van der Waals surface area contributed by atoms with Gasteiger partial charge in [-0.2, -0.15) is 0 Å². The van der Waals surface area contributed by atoms with Crippen LogP contribution in [0.5, 0.6) is 5.75 Å². The molecule has 184 valence electrons. The Kier molecular flexibility index (Phi) is 6.67. The molecule has 3 aromatic rings. The van der Waals surface area contributed by atoms with Gasteiger partial charge in [-0.25, -0.2) is 9.37 Å². The molecule has 4 rings (SSSR count). The number of benzene rings is 2. The summed E-state index contributed by atoms with van der Waals surface area (Å²) in [7, 11) is 1.59. The number of amides is 1. The quantitative estimate of drug-likeness (QED) is 0.530. The lowest BCUT2D eigenvalue weighted by Gasteiger charge is -2.44. The number of rotatable bonds is 6. The van der Waals surface area contributed by atoms with Gasteiger partial charge >= 0.3 is 0 Å². The van der Waals surface area contributed by atoms with Gasteiger partial charge in [0.15, 0.2) is 5.76 Å². The lowest BCUT2D eigenvalue weighted by molar-refractivity contribution is -0.153. The molecule has 7 nitrogen and oxygen atoms in total. The van der Waals surface area contributed by atoms with Gasteiger partial charge in [0.25, 0.3) is 5.91 Å². The van der Waals surface area contributed by atoms with Crippen molar-refractivity contribution in [3.05, 3.63) is 83.4 Å². The van der Waals surface area contributed by atoms with E-state index in [2.05, 4.69) is 4.98 Å². The third-order valence-electron chi connectivity index (χ3n) is 5.90. The monoisotopic (exact) mass is 479 g/mol. The van der Waals surface area contributed by atoms with Gasteiger partial charge in [-0.05, 0) is 69.2 Å². The van der Waals surface area contributed by atoms with Crippen LogP contribution in [0, 0.1) is 12.7 Å². The summed E-state index contributed by atoms with van der Waals surface area (Å²) in [6, 6.07) is 10.8. The molecule has 2 aromatic carbocycles. The van der Waals surface area contributed by atoms with E-state index < -0.39 is 17.7 Å². The zero-order valence-corrected chi connectivity index (χ0v) is 20.5. The van der Waals surface area contributed by atoms with E-state index >= 15 is 0 Å². The van der Waals surface area contributed by atoms with Crippen LogP contribution in [0.15, 0.2) is 60.7 Å². The van der Waals surface area contributed by atoms with Crippen LogP contribution in [0.2, 0.25) is 0 Å². The third kappa shape index (κ3) is 5.22. The molecule has 2 heterocycles. The first-order valence-corrected chi connectivity index (χ1v) is 11.4. The molecule has 0 bridgehead atoms. The summed E-state index contributed by atoms with van der Waals surface area (Å²) in [6.07, 6.45) is 4.41. The van der Waals surface area contributed by atoms with Crippen molar-refractivity contribution in [2.24, 2.45) is 0 Å². The summed E-state index contributed by atoms with van der Waals surface area (Å²) in [5.74, 6) is 0.0370. The molecule has 1 saturated heterocycles. The lowest BCUT2D eigenvalue weighted by atomic mass is 9.96. The van der Waals surface area contributed by atoms with Crippen LogP contribution < -0.4 is 4.74 Å². The maximum atomic E-state index is 13.6. The molecule has 1 amide bonds. The van der Waals surface area contributed by atoms with Gasteiger partial charge < -0.3 is 24.0 Å². The van der Waals surface area contributed by atoms with Gasteiger partial charge in [0.05, 0.1) is 43.5 Å². The summed E-state index contributed by atoms with van der Waals surface area (Å²) in [4.78, 5) is 19.4. The molecule has 1 aliphatic rings. The van der Waals surface area contributed by atoms with Crippen LogP contribution in [-0.2, 0) is 9.53 Å². The zero-order chi connectivity index (χ0) is 25.3. The number of nitrogens with zero attached hydrogens (tertiary/aromatic N) is 3. The average Bonchev–Trinajstić information content (AvgIpc) is 3.23. The van der Waals surface area contributed by atoms with Crippen molar-refractivity contribution < 1.29 is 23.8 Å². The molecular weight excluding hydrogens is 449 g/mol. The fourth-order valence-electron chi connectivity index (χ4n) is 4.39. The maximum absolute atomic E-state index is 13.6. The Balaban J connectivity index is 1.70. The minimum atomic E-state index is -0.877. The van der Waals surface area contributed by atoms with E-state index in [4.69, 9.17) is 9.47 Å². The minimum absolute atomic E-state index is 0.155. The molecule has 8 heteroatoms. The van der Waals surface area contributed by atoms with Gasteiger partial charge in [-0.15, -0.1) is 0 Å². The summed E-state index contributed by atoms with van der Waals surface area (Å²) in [6.45, 7) is 7.56. The van der Waals surface area contributed by atoms with Crippen LogP contribution in [-0.4, -0.2) is 50.8 Å². The average molecular weight is 480 g/mol. The van der Waals surface area contributed by atoms with Gasteiger partial charge in [-0.3, -0.25) is 4.79 Å². The fourth-order valence-corrected chi connectivity index (χ4v) is 4.39. The van der Waals surface area contributed by atoms with Crippen LogP contribution in [0.3, 0.4) is 0 Å². The first kappa shape index (κ1) is 24.5. The molecule has 35 heavy (non-hydrogen) atoms. The van der Waals surface area contributed by atoms with E-state index in [1.54, 1.807) is 43.5 Å². The van der Waals surface area contributed by atoms with Crippen molar-refractivity contribution in [2.45, 2.75) is 45.4 Å². The van der Waals surface area contributed by atoms with Crippen LogP contribution in [0.4, 0.5) is 4.39 Å². The summed E-state index contributed by atoms with van der Waals surface area (Å²) in [5.41, 5.74) is 2.37. The minimum Gasteiger partial charge on any atom is -0.495 e. The Morgan fingerprint density at radius 3 is 2.54 bits per heavy atom. The van der Waals surface area contributed by atoms with E-state index in [0.717, 1.165) is 16.9 Å². The topological polar surface area (TPSA) is 76.8 Å². The van der Waals surface area contributed by atoms with Crippen molar-refractivity contribution in [1.82, 2.24) is 14.5 Å². The summed E-state index contributed by atoms with van der Waals surface area (Å²) < 4.78 is 27.0. The number of aliphatic hydroxyl groups is 1. The van der Waals surface area contributed by atoms with E-state index in [-0.39, 0.29) is 24.0 Å². The van der Waals surface area contributed by atoms with E-state index in [9.17, 15) is 14.3 Å². The van der Waals surface area contributed by atoms with Crippen molar-refractivity contribution in [2.75, 3.05) is 13.7 Å². The molecule has 0 radical (unpaired) electrons. The van der Waals surface area contributed by atoms with E-state index in [0.29, 0.717) is 11.3 Å². The fraction of sp³-hybridized carbons (Fsp3) is 0.333. The number of methoxy groups -OCH3 is 1. The Hall–Kier alpha value is -3.65.